The van der Waals surface area contributed by atoms with Crippen LogP contribution in [0.1, 0.15) is 5.82 Å². The van der Waals surface area contributed by atoms with Gasteiger partial charge in [0.05, 0.1) is 4.92 Å². The summed E-state index contributed by atoms with van der Waals surface area (Å²) in [7, 11) is 0. The highest BCUT2D eigenvalue weighted by molar-refractivity contribution is 5.88. The Morgan fingerprint density at radius 3 is 3.00 bits per heavy atom. The minimum absolute atomic E-state index is 0.151. The van der Waals surface area contributed by atoms with Crippen molar-refractivity contribution in [1.82, 2.24) is 25.0 Å². The lowest BCUT2D eigenvalue weighted by molar-refractivity contribution is -0.385. The van der Waals surface area contributed by atoms with E-state index in [1.165, 1.54) is 6.20 Å². The van der Waals surface area contributed by atoms with Crippen LogP contribution in [0.2, 0.25) is 0 Å². The molecule has 2 rings (SSSR count). The van der Waals surface area contributed by atoms with Crippen molar-refractivity contribution in [2.75, 3.05) is 5.32 Å². The van der Waals surface area contributed by atoms with Gasteiger partial charge in [0.25, 0.3) is 0 Å². The monoisotopic (exact) mass is 251 g/mol. The van der Waals surface area contributed by atoms with E-state index in [-0.39, 0.29) is 18.2 Å². The first-order chi connectivity index (χ1) is 8.54. The highest BCUT2D eigenvalue weighted by atomic mass is 16.6. The summed E-state index contributed by atoms with van der Waals surface area (Å²) in [4.78, 5) is 25.3. The number of nitro groups is 1. The molecule has 94 valence electrons. The molecule has 0 radical (unpaired) electrons. The number of aromatic nitrogens is 5. The molecule has 2 heterocycles. The van der Waals surface area contributed by atoms with Crippen LogP contribution < -0.4 is 5.32 Å². The van der Waals surface area contributed by atoms with Crippen LogP contribution in [0.3, 0.4) is 0 Å². The number of carbonyl (C=O) groups excluding carboxylic acids is 1. The van der Waals surface area contributed by atoms with Gasteiger partial charge in [0.1, 0.15) is 24.8 Å². The average molecular weight is 251 g/mol. The van der Waals surface area contributed by atoms with Gasteiger partial charge >= 0.3 is 5.69 Å². The van der Waals surface area contributed by atoms with Gasteiger partial charge in [-0.3, -0.25) is 30.0 Å². The number of carbonyl (C=O) groups is 1. The molecule has 0 aliphatic rings. The van der Waals surface area contributed by atoms with Crippen LogP contribution in [-0.2, 0) is 11.3 Å². The van der Waals surface area contributed by atoms with Gasteiger partial charge in [0.15, 0.2) is 0 Å². The zero-order chi connectivity index (χ0) is 13.1. The number of nitrogens with zero attached hydrogens (tertiary/aromatic N) is 5. The maximum absolute atomic E-state index is 11.5. The molecule has 2 N–H and O–H groups in total. The summed E-state index contributed by atoms with van der Waals surface area (Å²) in [5, 5.41) is 22.8. The topological polar surface area (TPSA) is 132 Å². The van der Waals surface area contributed by atoms with E-state index in [1.807, 2.05) is 0 Å². The van der Waals surface area contributed by atoms with Crippen molar-refractivity contribution in [2.45, 2.75) is 13.5 Å². The first-order valence-corrected chi connectivity index (χ1v) is 4.90. The summed E-state index contributed by atoms with van der Waals surface area (Å²) in [5.41, 5.74) is -0.170. The fourth-order valence-corrected chi connectivity index (χ4v) is 1.24. The van der Waals surface area contributed by atoms with E-state index >= 15 is 0 Å². The van der Waals surface area contributed by atoms with Crippen molar-refractivity contribution < 1.29 is 9.72 Å². The lowest BCUT2D eigenvalue weighted by Gasteiger charge is -1.99. The summed E-state index contributed by atoms with van der Waals surface area (Å²) < 4.78 is 1.16. The van der Waals surface area contributed by atoms with E-state index in [9.17, 15) is 14.9 Å². The third kappa shape index (κ3) is 2.66. The molecule has 0 saturated heterocycles. The Balaban J connectivity index is 1.96. The second kappa shape index (κ2) is 4.61. The Morgan fingerprint density at radius 2 is 2.44 bits per heavy atom. The molecule has 0 atom stereocenters. The molecule has 2 aromatic heterocycles. The fraction of sp³-hybridized carbons (Fsp3) is 0.250. The van der Waals surface area contributed by atoms with Gasteiger partial charge < -0.3 is 0 Å². The van der Waals surface area contributed by atoms with E-state index in [0.717, 1.165) is 10.9 Å². The predicted octanol–water partition coefficient (Wildman–Crippen LogP) is -0.143. The predicted molar refractivity (Wildman–Crippen MR) is 58.6 cm³/mol. The van der Waals surface area contributed by atoms with Crippen molar-refractivity contribution >= 4 is 17.5 Å². The Bertz CT molecular complexity index is 587. The van der Waals surface area contributed by atoms with Crippen LogP contribution in [-0.4, -0.2) is 35.8 Å². The zero-order valence-electron chi connectivity index (χ0n) is 9.32. The molecule has 0 saturated carbocycles. The molecule has 18 heavy (non-hydrogen) atoms. The second-order valence-corrected chi connectivity index (χ2v) is 3.45. The van der Waals surface area contributed by atoms with Crippen molar-refractivity contribution in [3.05, 3.63) is 28.3 Å². The average Bonchev–Trinajstić information content (AvgIpc) is 2.88. The third-order valence-electron chi connectivity index (χ3n) is 1.98. The van der Waals surface area contributed by atoms with Crippen LogP contribution in [0.4, 0.5) is 11.6 Å². The van der Waals surface area contributed by atoms with Gasteiger partial charge in [-0.05, 0) is 6.92 Å². The fourth-order valence-electron chi connectivity index (χ4n) is 1.24. The minimum atomic E-state index is -0.583. The molecular weight excluding hydrogens is 242 g/mol. The first kappa shape index (κ1) is 11.7. The van der Waals surface area contributed by atoms with Gasteiger partial charge in [-0.2, -0.15) is 10.1 Å². The van der Waals surface area contributed by atoms with Crippen LogP contribution in [0.25, 0.3) is 0 Å². The van der Waals surface area contributed by atoms with E-state index in [2.05, 4.69) is 25.6 Å². The standard InChI is InChI=1S/C8H9N7O3/c1-5-10-8(13-12-5)11-7(16)4-14-3-6(2-9-14)15(17)18/h2-3H,4H2,1H3,(H2,10,11,12,13,16). The molecule has 1 amide bonds. The second-order valence-electron chi connectivity index (χ2n) is 3.45. The van der Waals surface area contributed by atoms with Crippen molar-refractivity contribution in [1.29, 1.82) is 0 Å². The number of H-pyrrole nitrogens is 1. The number of hydrogen-bond acceptors (Lipinski definition) is 6. The number of rotatable bonds is 4. The number of nitrogens with one attached hydrogen (secondary N) is 2. The van der Waals surface area contributed by atoms with E-state index < -0.39 is 10.8 Å². The Morgan fingerprint density at radius 1 is 1.67 bits per heavy atom. The normalized spacial score (nSPS) is 10.3. The number of hydrogen-bond donors (Lipinski definition) is 2. The first-order valence-electron chi connectivity index (χ1n) is 4.90. The van der Waals surface area contributed by atoms with E-state index in [0.29, 0.717) is 5.82 Å². The van der Waals surface area contributed by atoms with Crippen molar-refractivity contribution in [3.8, 4) is 0 Å². The van der Waals surface area contributed by atoms with Gasteiger partial charge in [0.2, 0.25) is 11.9 Å². The summed E-state index contributed by atoms with van der Waals surface area (Å²) >= 11 is 0. The van der Waals surface area contributed by atoms with Crippen LogP contribution in [0, 0.1) is 17.0 Å². The van der Waals surface area contributed by atoms with E-state index in [1.54, 1.807) is 6.92 Å². The maximum Gasteiger partial charge on any atom is 0.307 e. The molecule has 2 aromatic rings. The molecule has 0 aromatic carbocycles. The molecule has 0 aliphatic carbocycles. The number of aryl methyl sites for hydroxylation is 1. The molecule has 0 unspecified atom stereocenters. The summed E-state index contributed by atoms with van der Waals surface area (Å²) in [5.74, 6) is 0.297. The van der Waals surface area contributed by atoms with Crippen molar-refractivity contribution in [3.63, 3.8) is 0 Å². The molecule has 0 spiro atoms. The third-order valence-corrected chi connectivity index (χ3v) is 1.98. The molecule has 0 bridgehead atoms. The SMILES string of the molecule is Cc1nc(NC(=O)Cn2cc([N+](=O)[O-])cn2)n[nH]1. The van der Waals surface area contributed by atoms with Crippen LogP contribution in [0.15, 0.2) is 12.4 Å². The molecule has 10 nitrogen and oxygen atoms in total. The number of amides is 1. The maximum atomic E-state index is 11.5. The van der Waals surface area contributed by atoms with Crippen LogP contribution >= 0.6 is 0 Å². The molecule has 0 aliphatic heterocycles. The molecular formula is C8H9N7O3. The Kier molecular flexibility index (Phi) is 3.00. The van der Waals surface area contributed by atoms with Crippen LogP contribution in [0.5, 0.6) is 0 Å². The summed E-state index contributed by atoms with van der Waals surface area (Å²) in [6.07, 6.45) is 2.24. The minimum Gasteiger partial charge on any atom is -0.292 e. The highest BCUT2D eigenvalue weighted by Crippen LogP contribution is 2.07. The summed E-state index contributed by atoms with van der Waals surface area (Å²) in [6, 6.07) is 0. The highest BCUT2D eigenvalue weighted by Gasteiger charge is 2.12. The lowest BCUT2D eigenvalue weighted by atomic mass is 10.5. The molecule has 0 fully saturated rings. The largest absolute Gasteiger partial charge is 0.307 e. The van der Waals surface area contributed by atoms with Crippen molar-refractivity contribution in [2.24, 2.45) is 0 Å². The zero-order valence-corrected chi connectivity index (χ0v) is 9.32. The Hall–Kier alpha value is -2.78. The number of anilines is 1. The van der Waals surface area contributed by atoms with Gasteiger partial charge in [-0.15, -0.1) is 5.10 Å². The van der Waals surface area contributed by atoms with Gasteiger partial charge in [-0.1, -0.05) is 0 Å². The van der Waals surface area contributed by atoms with Gasteiger partial charge in [0, 0.05) is 0 Å². The lowest BCUT2D eigenvalue weighted by Crippen LogP contribution is -2.19. The smallest absolute Gasteiger partial charge is 0.292 e. The Labute approximate surface area is 100 Å². The quantitative estimate of drug-likeness (QED) is 0.574. The van der Waals surface area contributed by atoms with Gasteiger partial charge in [-0.25, -0.2) is 0 Å². The summed E-state index contributed by atoms with van der Waals surface area (Å²) in [6.45, 7) is 1.54. The number of aromatic amines is 1. The van der Waals surface area contributed by atoms with E-state index in [4.69, 9.17) is 0 Å². The molecule has 10 heteroatoms.